The second-order valence-corrected chi connectivity index (χ2v) is 12.1. The van der Waals surface area contributed by atoms with Gasteiger partial charge in [-0.15, -0.1) is 11.8 Å². The van der Waals surface area contributed by atoms with Crippen molar-refractivity contribution in [1.82, 2.24) is 21.3 Å². The third-order valence-corrected chi connectivity index (χ3v) is 9.88. The third-order valence-electron chi connectivity index (χ3n) is 8.41. The van der Waals surface area contributed by atoms with Crippen LogP contribution in [0.5, 0.6) is 0 Å². The molecule has 2 aromatic rings. The molecule has 2 saturated heterocycles. The maximum absolute atomic E-state index is 12.6. The van der Waals surface area contributed by atoms with Gasteiger partial charge < -0.3 is 21.3 Å². The van der Waals surface area contributed by atoms with Crippen molar-refractivity contribution in [3.05, 3.63) is 64.7 Å². The monoisotopic (exact) mass is 533 g/mol. The zero-order valence-electron chi connectivity index (χ0n) is 21.6. The van der Waals surface area contributed by atoms with E-state index in [2.05, 4.69) is 76.0 Å². The van der Waals surface area contributed by atoms with Gasteiger partial charge in [-0.25, -0.2) is 4.79 Å². The molecule has 8 nitrogen and oxygen atoms in total. The van der Waals surface area contributed by atoms with Crippen molar-refractivity contribution in [3.63, 3.8) is 0 Å². The Morgan fingerprint density at radius 2 is 1.92 bits per heavy atom. The third kappa shape index (κ3) is 4.66. The van der Waals surface area contributed by atoms with Gasteiger partial charge in [0.25, 0.3) is 0 Å². The van der Waals surface area contributed by atoms with E-state index >= 15 is 0 Å². The van der Waals surface area contributed by atoms with Gasteiger partial charge in [-0.05, 0) is 60.6 Å². The standard InChI is InChI=1S/C29H35N5O3S/c1-29-20-7-3-2-6-19(20)22(34-29)14-17-9-10-18(15-21(17)29)30-12-5-4-8-25(36)31-13-11-24(35)27-26-23(16-38-27)32-28(37)33-26/h2-3,6-7,9-10,15,22-23,26-27,30,34H,4-5,8,11-14,16H2,1H3,(H,31,36)(H2,32,33,37)/t22-,23?,26?,27?,29-/m1/s1. The van der Waals surface area contributed by atoms with E-state index in [0.29, 0.717) is 25.4 Å². The van der Waals surface area contributed by atoms with Gasteiger partial charge in [-0.2, -0.15) is 0 Å². The van der Waals surface area contributed by atoms with Gasteiger partial charge in [0.2, 0.25) is 5.91 Å². The van der Waals surface area contributed by atoms with Crippen LogP contribution in [0.4, 0.5) is 10.5 Å². The number of hydrogen-bond acceptors (Lipinski definition) is 6. The highest BCUT2D eigenvalue weighted by Crippen LogP contribution is 2.48. The maximum atomic E-state index is 12.6. The summed E-state index contributed by atoms with van der Waals surface area (Å²) in [6.07, 6.45) is 3.42. The fraction of sp³-hybridized carbons (Fsp3) is 0.483. The SMILES string of the molecule is C[C@]12N[C@H](Cc3ccc(NCCCCC(=O)NCCC(=O)C4SCC5NC(=O)NC54)cc31)c1ccccc12. The van der Waals surface area contributed by atoms with Gasteiger partial charge in [-0.1, -0.05) is 30.3 Å². The van der Waals surface area contributed by atoms with Crippen molar-refractivity contribution < 1.29 is 14.4 Å². The van der Waals surface area contributed by atoms with Gasteiger partial charge >= 0.3 is 6.03 Å². The van der Waals surface area contributed by atoms with Crippen LogP contribution < -0.4 is 26.6 Å². The molecule has 0 radical (unpaired) electrons. The normalized spacial score (nSPS) is 28.1. The topological polar surface area (TPSA) is 111 Å². The minimum absolute atomic E-state index is 0.0205. The lowest BCUT2D eigenvalue weighted by Gasteiger charge is -2.35. The van der Waals surface area contributed by atoms with E-state index in [-0.39, 0.29) is 40.6 Å². The number of Topliss-reactive ketones (excluding diaryl/α,β-unsaturated/α-hetero) is 1. The lowest BCUT2D eigenvalue weighted by Crippen LogP contribution is -2.41. The van der Waals surface area contributed by atoms with Crippen molar-refractivity contribution in [2.75, 3.05) is 24.2 Å². The fourth-order valence-electron chi connectivity index (χ4n) is 6.48. The Morgan fingerprint density at radius 3 is 2.82 bits per heavy atom. The molecule has 0 spiro atoms. The molecular formula is C29H35N5O3S. The van der Waals surface area contributed by atoms with E-state index in [1.165, 1.54) is 22.3 Å². The van der Waals surface area contributed by atoms with Crippen LogP contribution in [0.25, 0.3) is 0 Å². The summed E-state index contributed by atoms with van der Waals surface area (Å²) in [6.45, 7) is 3.43. The molecule has 0 saturated carbocycles. The Labute approximate surface area is 227 Å². The van der Waals surface area contributed by atoms with Crippen LogP contribution in [-0.2, 0) is 21.5 Å². The smallest absolute Gasteiger partial charge is 0.315 e. The van der Waals surface area contributed by atoms with Crippen molar-refractivity contribution in [2.45, 2.75) is 67.9 Å². The van der Waals surface area contributed by atoms with Gasteiger partial charge in [0, 0.05) is 43.4 Å². The number of unbranched alkanes of at least 4 members (excludes halogenated alkanes) is 1. The molecule has 9 heteroatoms. The number of benzene rings is 2. The summed E-state index contributed by atoms with van der Waals surface area (Å²) in [6, 6.07) is 15.5. The number of thioether (sulfide) groups is 1. The number of carbonyl (C=O) groups excluding carboxylic acids is 3. The summed E-state index contributed by atoms with van der Waals surface area (Å²) < 4.78 is 0. The second kappa shape index (κ2) is 10.3. The number of fused-ring (bicyclic) bond motifs is 8. The highest BCUT2D eigenvalue weighted by molar-refractivity contribution is 8.01. The molecule has 0 aliphatic carbocycles. The first kappa shape index (κ1) is 25.2. The Bertz CT molecular complexity index is 1270. The van der Waals surface area contributed by atoms with Gasteiger partial charge in [-0.3, -0.25) is 14.9 Å². The molecule has 2 bridgehead atoms. The zero-order chi connectivity index (χ0) is 26.3. The van der Waals surface area contributed by atoms with Crippen LogP contribution in [0, 0.1) is 0 Å². The second-order valence-electron chi connectivity index (χ2n) is 10.9. The van der Waals surface area contributed by atoms with Crippen LogP contribution in [-0.4, -0.2) is 53.9 Å². The summed E-state index contributed by atoms with van der Waals surface area (Å²) in [4.78, 5) is 36.3. The van der Waals surface area contributed by atoms with E-state index in [1.54, 1.807) is 11.8 Å². The van der Waals surface area contributed by atoms with E-state index in [4.69, 9.17) is 0 Å². The molecule has 4 aliphatic heterocycles. The van der Waals surface area contributed by atoms with E-state index in [1.807, 2.05) is 0 Å². The first-order chi connectivity index (χ1) is 18.4. The average Bonchev–Trinajstić information content (AvgIpc) is 3.54. The van der Waals surface area contributed by atoms with E-state index in [0.717, 1.165) is 37.2 Å². The van der Waals surface area contributed by atoms with Crippen molar-refractivity contribution >= 4 is 35.2 Å². The van der Waals surface area contributed by atoms with Crippen molar-refractivity contribution in [3.8, 4) is 0 Å². The number of nitrogens with one attached hydrogen (secondary N) is 5. The van der Waals surface area contributed by atoms with Crippen LogP contribution >= 0.6 is 11.8 Å². The highest BCUT2D eigenvalue weighted by atomic mass is 32.2. The minimum Gasteiger partial charge on any atom is -0.385 e. The molecule has 0 aromatic heterocycles. The van der Waals surface area contributed by atoms with Crippen LogP contribution in [0.1, 0.15) is 60.9 Å². The Balaban J connectivity index is 0.916. The molecular weight excluding hydrogens is 498 g/mol. The summed E-state index contributed by atoms with van der Waals surface area (Å²) in [5.41, 5.74) is 6.49. The summed E-state index contributed by atoms with van der Waals surface area (Å²) >= 11 is 1.58. The summed E-state index contributed by atoms with van der Waals surface area (Å²) in [5.74, 6) is 0.811. The average molecular weight is 534 g/mol. The number of hydrogen-bond donors (Lipinski definition) is 5. The molecule has 2 fully saturated rings. The fourth-order valence-corrected chi connectivity index (χ4v) is 7.96. The molecule has 2 aromatic carbocycles. The number of urea groups is 1. The largest absolute Gasteiger partial charge is 0.385 e. The van der Waals surface area contributed by atoms with E-state index < -0.39 is 0 Å². The zero-order valence-corrected chi connectivity index (χ0v) is 22.5. The lowest BCUT2D eigenvalue weighted by molar-refractivity contribution is -0.121. The Morgan fingerprint density at radius 1 is 1.05 bits per heavy atom. The number of anilines is 1. The quantitative estimate of drug-likeness (QED) is 0.237. The Kier molecular flexibility index (Phi) is 6.82. The Hall–Kier alpha value is -3.04. The van der Waals surface area contributed by atoms with Crippen LogP contribution in [0.3, 0.4) is 0 Å². The number of ketones is 1. The van der Waals surface area contributed by atoms with E-state index in [9.17, 15) is 14.4 Å². The predicted molar refractivity (Wildman–Crippen MR) is 149 cm³/mol. The molecule has 200 valence electrons. The molecule has 5 N–H and O–H groups in total. The number of rotatable bonds is 10. The van der Waals surface area contributed by atoms with Crippen molar-refractivity contribution in [2.24, 2.45) is 0 Å². The first-order valence-electron chi connectivity index (χ1n) is 13.6. The molecule has 4 aliphatic rings. The van der Waals surface area contributed by atoms with Crippen molar-refractivity contribution in [1.29, 1.82) is 0 Å². The predicted octanol–water partition coefficient (Wildman–Crippen LogP) is 2.97. The molecule has 3 amide bonds. The van der Waals surface area contributed by atoms with Crippen LogP contribution in [0.2, 0.25) is 0 Å². The minimum atomic E-state index is -0.228. The lowest BCUT2D eigenvalue weighted by atomic mass is 9.82. The highest BCUT2D eigenvalue weighted by Gasteiger charge is 2.46. The number of amides is 3. The molecule has 3 unspecified atom stereocenters. The maximum Gasteiger partial charge on any atom is 0.315 e. The number of carbonyl (C=O) groups is 3. The molecule has 38 heavy (non-hydrogen) atoms. The first-order valence-corrected chi connectivity index (χ1v) is 14.7. The molecule has 6 rings (SSSR count). The van der Waals surface area contributed by atoms with Gasteiger partial charge in [0.1, 0.15) is 5.78 Å². The molecule has 4 heterocycles. The molecule has 5 atom stereocenters. The van der Waals surface area contributed by atoms with Crippen LogP contribution in [0.15, 0.2) is 42.5 Å². The van der Waals surface area contributed by atoms with Gasteiger partial charge in [0.15, 0.2) is 0 Å². The van der Waals surface area contributed by atoms with Gasteiger partial charge in [0.05, 0.1) is 22.9 Å². The summed E-state index contributed by atoms with van der Waals surface area (Å²) in [5, 5.41) is 15.7. The summed E-state index contributed by atoms with van der Waals surface area (Å²) in [7, 11) is 0.